The molecule has 0 radical (unpaired) electrons. The van der Waals surface area contributed by atoms with Crippen molar-refractivity contribution < 1.29 is 0 Å². The molecule has 1 aliphatic rings. The zero-order valence-corrected chi connectivity index (χ0v) is 13.5. The van der Waals surface area contributed by atoms with E-state index in [1.54, 1.807) is 0 Å². The molecule has 0 aliphatic heterocycles. The van der Waals surface area contributed by atoms with Gasteiger partial charge in [0.1, 0.15) is 0 Å². The number of hydrogen-bond acceptors (Lipinski definition) is 1. The average molecular weight is 361 g/mol. The van der Waals surface area contributed by atoms with Crippen molar-refractivity contribution in [2.45, 2.75) is 32.2 Å². The predicted octanol–water partition coefficient (Wildman–Crippen LogP) is 4.91. The Balaban J connectivity index is 2.31. The Morgan fingerprint density at radius 3 is 2.65 bits per heavy atom. The number of benzene rings is 1. The van der Waals surface area contributed by atoms with Crippen molar-refractivity contribution in [3.8, 4) is 0 Å². The minimum absolute atomic E-state index is 0.458. The standard InChI is InChI=1S/C14H19Br2N/c1-9-4-3-5-11(9)14(17-2)12-8-10(15)6-7-13(12)16/h6-9,11,14,17H,3-5H2,1-2H3. The van der Waals surface area contributed by atoms with Gasteiger partial charge < -0.3 is 5.32 Å². The highest BCUT2D eigenvalue weighted by atomic mass is 79.9. The quantitative estimate of drug-likeness (QED) is 0.807. The van der Waals surface area contributed by atoms with E-state index >= 15 is 0 Å². The van der Waals surface area contributed by atoms with E-state index in [9.17, 15) is 0 Å². The lowest BCUT2D eigenvalue weighted by molar-refractivity contribution is 0.314. The molecule has 1 N–H and O–H groups in total. The zero-order valence-electron chi connectivity index (χ0n) is 10.3. The lowest BCUT2D eigenvalue weighted by Crippen LogP contribution is -2.27. The summed E-state index contributed by atoms with van der Waals surface area (Å²) in [6.45, 7) is 2.38. The van der Waals surface area contributed by atoms with Crippen LogP contribution in [0.2, 0.25) is 0 Å². The van der Waals surface area contributed by atoms with Crippen LogP contribution in [0.3, 0.4) is 0 Å². The lowest BCUT2D eigenvalue weighted by Gasteiger charge is -2.28. The first-order valence-corrected chi connectivity index (χ1v) is 7.84. The van der Waals surface area contributed by atoms with Gasteiger partial charge in [-0.25, -0.2) is 0 Å². The van der Waals surface area contributed by atoms with Crippen LogP contribution < -0.4 is 5.32 Å². The predicted molar refractivity (Wildman–Crippen MR) is 80.1 cm³/mol. The summed E-state index contributed by atoms with van der Waals surface area (Å²) >= 11 is 7.25. The van der Waals surface area contributed by atoms with Gasteiger partial charge in [0, 0.05) is 15.0 Å². The normalized spacial score (nSPS) is 26.1. The van der Waals surface area contributed by atoms with Crippen molar-refractivity contribution >= 4 is 31.9 Å². The topological polar surface area (TPSA) is 12.0 Å². The third-order valence-corrected chi connectivity index (χ3v) is 5.18. The maximum absolute atomic E-state index is 3.68. The fourth-order valence-corrected chi connectivity index (χ4v) is 3.89. The molecule has 1 aromatic carbocycles. The Labute approximate surface area is 121 Å². The van der Waals surface area contributed by atoms with E-state index in [4.69, 9.17) is 0 Å². The van der Waals surface area contributed by atoms with Crippen LogP contribution in [0.4, 0.5) is 0 Å². The molecule has 0 bridgehead atoms. The summed E-state index contributed by atoms with van der Waals surface area (Å²) in [4.78, 5) is 0. The van der Waals surface area contributed by atoms with Crippen molar-refractivity contribution in [3.63, 3.8) is 0 Å². The monoisotopic (exact) mass is 359 g/mol. The summed E-state index contributed by atoms with van der Waals surface area (Å²) < 4.78 is 2.36. The molecule has 1 aliphatic carbocycles. The molecule has 1 saturated carbocycles. The highest BCUT2D eigenvalue weighted by molar-refractivity contribution is 9.11. The Morgan fingerprint density at radius 2 is 2.06 bits per heavy atom. The summed E-state index contributed by atoms with van der Waals surface area (Å²) in [7, 11) is 2.07. The number of rotatable bonds is 3. The zero-order chi connectivity index (χ0) is 12.4. The van der Waals surface area contributed by atoms with Crippen LogP contribution in [0.15, 0.2) is 27.1 Å². The molecule has 0 amide bonds. The highest BCUT2D eigenvalue weighted by Gasteiger charge is 2.31. The molecule has 3 unspecified atom stereocenters. The first-order chi connectivity index (χ1) is 8.13. The second-order valence-corrected chi connectivity index (χ2v) is 6.77. The summed E-state index contributed by atoms with van der Waals surface area (Å²) in [6, 6.07) is 6.90. The van der Waals surface area contributed by atoms with Gasteiger partial charge in [0.2, 0.25) is 0 Å². The van der Waals surface area contributed by atoms with Gasteiger partial charge >= 0.3 is 0 Å². The van der Waals surface area contributed by atoms with E-state index in [1.165, 1.54) is 29.3 Å². The second kappa shape index (κ2) is 5.85. The average Bonchev–Trinajstić information content (AvgIpc) is 2.71. The SMILES string of the molecule is CNC(c1cc(Br)ccc1Br)C1CCCC1C. The third-order valence-electron chi connectivity index (χ3n) is 3.96. The molecule has 17 heavy (non-hydrogen) atoms. The Morgan fingerprint density at radius 1 is 1.29 bits per heavy atom. The Bertz CT molecular complexity index is 392. The van der Waals surface area contributed by atoms with Gasteiger partial charge in [0.15, 0.2) is 0 Å². The van der Waals surface area contributed by atoms with Crippen molar-refractivity contribution in [2.24, 2.45) is 11.8 Å². The van der Waals surface area contributed by atoms with E-state index in [2.05, 4.69) is 69.3 Å². The van der Waals surface area contributed by atoms with Gasteiger partial charge in [-0.05, 0) is 49.1 Å². The first-order valence-electron chi connectivity index (χ1n) is 6.25. The molecule has 94 valence electrons. The van der Waals surface area contributed by atoms with Gasteiger partial charge in [-0.2, -0.15) is 0 Å². The van der Waals surface area contributed by atoms with Crippen LogP contribution in [0, 0.1) is 11.8 Å². The van der Waals surface area contributed by atoms with Gasteiger partial charge in [-0.1, -0.05) is 51.6 Å². The van der Waals surface area contributed by atoms with Gasteiger partial charge in [0.25, 0.3) is 0 Å². The minimum atomic E-state index is 0.458. The maximum atomic E-state index is 3.68. The molecule has 0 aromatic heterocycles. The van der Waals surface area contributed by atoms with Crippen LogP contribution in [-0.2, 0) is 0 Å². The van der Waals surface area contributed by atoms with E-state index in [0.29, 0.717) is 6.04 Å². The molecule has 0 spiro atoms. The fraction of sp³-hybridized carbons (Fsp3) is 0.571. The lowest BCUT2D eigenvalue weighted by atomic mass is 9.86. The van der Waals surface area contributed by atoms with Crippen LogP contribution >= 0.6 is 31.9 Å². The summed E-state index contributed by atoms with van der Waals surface area (Å²) in [6.07, 6.45) is 4.08. The Kier molecular flexibility index (Phi) is 4.67. The highest BCUT2D eigenvalue weighted by Crippen LogP contribution is 2.42. The van der Waals surface area contributed by atoms with Gasteiger partial charge in [-0.15, -0.1) is 0 Å². The largest absolute Gasteiger partial charge is 0.313 e. The van der Waals surface area contributed by atoms with E-state index in [-0.39, 0.29) is 0 Å². The van der Waals surface area contributed by atoms with E-state index in [0.717, 1.165) is 16.3 Å². The molecule has 1 aromatic rings. The maximum Gasteiger partial charge on any atom is 0.0360 e. The number of halogens is 2. The van der Waals surface area contributed by atoms with Crippen molar-refractivity contribution in [2.75, 3.05) is 7.05 Å². The molecule has 1 fully saturated rings. The molecular weight excluding hydrogens is 342 g/mol. The number of hydrogen-bond donors (Lipinski definition) is 1. The Hall–Kier alpha value is 0.140. The van der Waals surface area contributed by atoms with Crippen LogP contribution in [0.5, 0.6) is 0 Å². The van der Waals surface area contributed by atoms with E-state index in [1.807, 2.05) is 0 Å². The summed E-state index contributed by atoms with van der Waals surface area (Å²) in [5.41, 5.74) is 1.38. The summed E-state index contributed by atoms with van der Waals surface area (Å²) in [5.74, 6) is 1.57. The molecule has 0 saturated heterocycles. The van der Waals surface area contributed by atoms with E-state index < -0.39 is 0 Å². The van der Waals surface area contributed by atoms with Crippen molar-refractivity contribution in [1.82, 2.24) is 5.32 Å². The van der Waals surface area contributed by atoms with Crippen molar-refractivity contribution in [3.05, 3.63) is 32.7 Å². The van der Waals surface area contributed by atoms with Gasteiger partial charge in [-0.3, -0.25) is 0 Å². The van der Waals surface area contributed by atoms with Crippen LogP contribution in [0.1, 0.15) is 37.8 Å². The molecule has 1 nitrogen and oxygen atoms in total. The fourth-order valence-electron chi connectivity index (χ4n) is 3.02. The van der Waals surface area contributed by atoms with Crippen molar-refractivity contribution in [1.29, 1.82) is 0 Å². The van der Waals surface area contributed by atoms with Crippen LogP contribution in [-0.4, -0.2) is 7.05 Å². The molecule has 0 heterocycles. The van der Waals surface area contributed by atoms with Gasteiger partial charge in [0.05, 0.1) is 0 Å². The smallest absolute Gasteiger partial charge is 0.0360 e. The molecular formula is C14H19Br2N. The first kappa shape index (κ1) is 13.6. The molecule has 3 atom stereocenters. The third kappa shape index (κ3) is 2.94. The molecule has 2 rings (SSSR count). The second-order valence-electron chi connectivity index (χ2n) is 5.00. The number of nitrogens with one attached hydrogen (secondary N) is 1. The minimum Gasteiger partial charge on any atom is -0.313 e. The summed E-state index contributed by atoms with van der Waals surface area (Å²) in [5, 5.41) is 3.51. The molecule has 3 heteroatoms. The van der Waals surface area contributed by atoms with Crippen LogP contribution in [0.25, 0.3) is 0 Å².